The molecule has 7 heteroatoms. The number of benzene rings is 2. The van der Waals surface area contributed by atoms with Gasteiger partial charge in [-0.2, -0.15) is 4.39 Å². The molecule has 0 aliphatic rings. The number of hydrogen-bond donors (Lipinski definition) is 0. The predicted octanol–water partition coefficient (Wildman–Crippen LogP) is 5.04. The van der Waals surface area contributed by atoms with E-state index in [1.807, 2.05) is 0 Å². The molecule has 0 unspecified atom stereocenters. The van der Waals surface area contributed by atoms with Crippen LogP contribution in [0.5, 0.6) is 11.5 Å². The lowest BCUT2D eigenvalue weighted by Crippen LogP contribution is -1.99. The van der Waals surface area contributed by atoms with E-state index in [9.17, 15) is 18.9 Å². The lowest BCUT2D eigenvalue weighted by atomic mass is 10.1. The van der Waals surface area contributed by atoms with Crippen molar-refractivity contribution in [2.24, 2.45) is 0 Å². The summed E-state index contributed by atoms with van der Waals surface area (Å²) in [5, 5.41) is 10.9. The Kier molecular flexibility index (Phi) is 4.22. The van der Waals surface area contributed by atoms with Crippen molar-refractivity contribution in [1.82, 2.24) is 0 Å². The summed E-state index contributed by atoms with van der Waals surface area (Å²) in [5.41, 5.74) is 0.987. The highest BCUT2D eigenvalue weighted by Crippen LogP contribution is 2.36. The molecule has 0 saturated heterocycles. The lowest BCUT2D eigenvalue weighted by Gasteiger charge is -2.11. The molecule has 0 atom stereocenters. The highest BCUT2D eigenvalue weighted by molar-refractivity contribution is 9.10. The standard InChI is InChI=1S/C14H10BrF2NO3/c1-7-5-9(6-8(2)12(7)15)21-14-11(18(19)20)4-3-10(16)13(14)17/h3-6H,1-2H3. The smallest absolute Gasteiger partial charge is 0.314 e. The molecule has 2 aromatic rings. The van der Waals surface area contributed by atoms with Crippen molar-refractivity contribution >= 4 is 21.6 Å². The molecule has 0 spiro atoms. The summed E-state index contributed by atoms with van der Waals surface area (Å²) in [5.74, 6) is -3.13. The average molecular weight is 358 g/mol. The monoisotopic (exact) mass is 357 g/mol. The SMILES string of the molecule is Cc1cc(Oc2c([N+](=O)[O-])ccc(F)c2F)cc(C)c1Br. The van der Waals surface area contributed by atoms with Crippen LogP contribution in [0, 0.1) is 35.6 Å². The maximum Gasteiger partial charge on any atom is 0.314 e. The van der Waals surface area contributed by atoms with E-state index >= 15 is 0 Å². The molecular formula is C14H10BrF2NO3. The van der Waals surface area contributed by atoms with Crippen LogP contribution in [0.4, 0.5) is 14.5 Å². The predicted molar refractivity (Wildman–Crippen MR) is 76.7 cm³/mol. The molecule has 4 nitrogen and oxygen atoms in total. The van der Waals surface area contributed by atoms with Crippen LogP contribution >= 0.6 is 15.9 Å². The molecule has 0 saturated carbocycles. The molecule has 0 aliphatic carbocycles. The normalized spacial score (nSPS) is 10.5. The van der Waals surface area contributed by atoms with Crippen molar-refractivity contribution in [2.45, 2.75) is 13.8 Å². The first-order valence-electron chi connectivity index (χ1n) is 5.88. The molecule has 21 heavy (non-hydrogen) atoms. The van der Waals surface area contributed by atoms with Gasteiger partial charge < -0.3 is 4.74 Å². The quantitative estimate of drug-likeness (QED) is 0.570. The third kappa shape index (κ3) is 3.02. The summed E-state index contributed by atoms with van der Waals surface area (Å²) in [6.45, 7) is 3.58. The number of aryl methyl sites for hydroxylation is 2. The molecule has 0 bridgehead atoms. The summed E-state index contributed by atoms with van der Waals surface area (Å²) in [6.07, 6.45) is 0. The highest BCUT2D eigenvalue weighted by atomic mass is 79.9. The summed E-state index contributed by atoms with van der Waals surface area (Å²) in [6, 6.07) is 4.71. The number of ether oxygens (including phenoxy) is 1. The van der Waals surface area contributed by atoms with Crippen LogP contribution in [-0.4, -0.2) is 4.92 Å². The van der Waals surface area contributed by atoms with Crippen molar-refractivity contribution in [2.75, 3.05) is 0 Å². The van der Waals surface area contributed by atoms with E-state index in [4.69, 9.17) is 4.74 Å². The zero-order chi connectivity index (χ0) is 15.7. The van der Waals surface area contributed by atoms with Gasteiger partial charge in [0.25, 0.3) is 0 Å². The van der Waals surface area contributed by atoms with Crippen molar-refractivity contribution in [3.8, 4) is 11.5 Å². The summed E-state index contributed by atoms with van der Waals surface area (Å²) >= 11 is 3.36. The fourth-order valence-corrected chi connectivity index (χ4v) is 2.07. The number of nitrogens with zero attached hydrogens (tertiary/aromatic N) is 1. The van der Waals surface area contributed by atoms with Gasteiger partial charge in [0.2, 0.25) is 11.6 Å². The van der Waals surface area contributed by atoms with Gasteiger partial charge in [-0.05, 0) is 43.2 Å². The second-order valence-corrected chi connectivity index (χ2v) is 5.23. The van der Waals surface area contributed by atoms with E-state index < -0.39 is 28.0 Å². The van der Waals surface area contributed by atoms with Crippen molar-refractivity contribution < 1.29 is 18.4 Å². The zero-order valence-corrected chi connectivity index (χ0v) is 12.7. The molecule has 0 heterocycles. The van der Waals surface area contributed by atoms with E-state index in [-0.39, 0.29) is 5.75 Å². The zero-order valence-electron chi connectivity index (χ0n) is 11.1. The fraction of sp³-hybridized carbons (Fsp3) is 0.143. The second kappa shape index (κ2) is 5.77. The topological polar surface area (TPSA) is 52.4 Å². The average Bonchev–Trinajstić information content (AvgIpc) is 2.41. The molecule has 110 valence electrons. The van der Waals surface area contributed by atoms with Crippen LogP contribution in [0.15, 0.2) is 28.7 Å². The van der Waals surface area contributed by atoms with E-state index in [0.717, 1.165) is 21.7 Å². The summed E-state index contributed by atoms with van der Waals surface area (Å²) < 4.78 is 33.1. The number of nitro benzene ring substituents is 1. The number of halogens is 3. The van der Waals surface area contributed by atoms with Gasteiger partial charge in [-0.1, -0.05) is 15.9 Å². The molecule has 0 fully saturated rings. The van der Waals surface area contributed by atoms with Crippen molar-refractivity contribution in [3.05, 3.63) is 61.6 Å². The van der Waals surface area contributed by atoms with Gasteiger partial charge in [0.15, 0.2) is 5.82 Å². The highest BCUT2D eigenvalue weighted by Gasteiger charge is 2.24. The van der Waals surface area contributed by atoms with E-state index in [1.165, 1.54) is 0 Å². The molecular weight excluding hydrogens is 348 g/mol. The number of rotatable bonds is 3. The first-order chi connectivity index (χ1) is 9.81. The largest absolute Gasteiger partial charge is 0.447 e. The Morgan fingerprint density at radius 1 is 1.19 bits per heavy atom. The molecule has 0 amide bonds. The van der Waals surface area contributed by atoms with Gasteiger partial charge in [-0.3, -0.25) is 10.1 Å². The number of hydrogen-bond acceptors (Lipinski definition) is 3. The molecule has 2 rings (SSSR count). The van der Waals surface area contributed by atoms with Crippen LogP contribution in [0.3, 0.4) is 0 Å². The fourth-order valence-electron chi connectivity index (χ4n) is 1.85. The van der Waals surface area contributed by atoms with Gasteiger partial charge in [0, 0.05) is 10.5 Å². The van der Waals surface area contributed by atoms with Gasteiger partial charge >= 0.3 is 5.69 Å². The third-order valence-electron chi connectivity index (χ3n) is 2.86. The molecule has 2 aromatic carbocycles. The Hall–Kier alpha value is -2.02. The van der Waals surface area contributed by atoms with Crippen molar-refractivity contribution in [1.29, 1.82) is 0 Å². The van der Waals surface area contributed by atoms with Crippen LogP contribution < -0.4 is 4.74 Å². The maximum atomic E-state index is 13.8. The Balaban J connectivity index is 2.53. The van der Waals surface area contributed by atoms with Gasteiger partial charge in [-0.25, -0.2) is 4.39 Å². The Morgan fingerprint density at radius 3 is 2.29 bits per heavy atom. The number of nitro groups is 1. The lowest BCUT2D eigenvalue weighted by molar-refractivity contribution is -0.385. The molecule has 0 aliphatic heterocycles. The first kappa shape index (κ1) is 15.4. The van der Waals surface area contributed by atoms with Gasteiger partial charge in [0.1, 0.15) is 5.75 Å². The second-order valence-electron chi connectivity index (χ2n) is 4.44. The Morgan fingerprint density at radius 2 is 1.76 bits per heavy atom. The molecule has 0 aromatic heterocycles. The first-order valence-corrected chi connectivity index (χ1v) is 6.67. The minimum Gasteiger partial charge on any atom is -0.447 e. The molecule has 0 N–H and O–H groups in total. The Labute approximate surface area is 127 Å². The van der Waals surface area contributed by atoms with E-state index in [2.05, 4.69) is 15.9 Å². The van der Waals surface area contributed by atoms with Gasteiger partial charge in [-0.15, -0.1) is 0 Å². The van der Waals surface area contributed by atoms with Crippen molar-refractivity contribution in [3.63, 3.8) is 0 Å². The van der Waals surface area contributed by atoms with Crippen LogP contribution in [-0.2, 0) is 0 Å². The minimum atomic E-state index is -1.39. The van der Waals surface area contributed by atoms with Crippen LogP contribution in [0.2, 0.25) is 0 Å². The van der Waals surface area contributed by atoms with E-state index in [0.29, 0.717) is 6.07 Å². The summed E-state index contributed by atoms with van der Waals surface area (Å²) in [7, 11) is 0. The van der Waals surface area contributed by atoms with Crippen LogP contribution in [0.1, 0.15) is 11.1 Å². The molecule has 0 radical (unpaired) electrons. The summed E-state index contributed by atoms with van der Waals surface area (Å²) in [4.78, 5) is 10.1. The van der Waals surface area contributed by atoms with E-state index in [1.54, 1.807) is 26.0 Å². The van der Waals surface area contributed by atoms with Crippen LogP contribution in [0.25, 0.3) is 0 Å². The van der Waals surface area contributed by atoms with Gasteiger partial charge in [0.05, 0.1) is 4.92 Å². The Bertz CT molecular complexity index is 711. The minimum absolute atomic E-state index is 0.195. The maximum absolute atomic E-state index is 13.8. The third-order valence-corrected chi connectivity index (χ3v) is 4.11.